The Balaban J connectivity index is 1.91. The van der Waals surface area contributed by atoms with E-state index in [0.29, 0.717) is 12.5 Å². The van der Waals surface area contributed by atoms with Crippen molar-refractivity contribution in [3.05, 3.63) is 35.9 Å². The van der Waals surface area contributed by atoms with E-state index in [1.165, 1.54) is 10.5 Å². The molecular weight excluding hydrogens is 266 g/mol. The van der Waals surface area contributed by atoms with Gasteiger partial charge in [0.05, 0.1) is 0 Å². The van der Waals surface area contributed by atoms with Crippen molar-refractivity contribution in [1.29, 1.82) is 0 Å². The summed E-state index contributed by atoms with van der Waals surface area (Å²) in [6.45, 7) is 2.11. The standard InChI is InChI=1S/C17H23NO3/c1-2-18(12-16(19)20)17(21)15-10-8-14(9-11-15)13-6-4-3-5-7-13/h3-7,14-15H,2,8-12H2,1H3,(H,19,20). The molecule has 0 atom stereocenters. The molecule has 0 unspecified atom stereocenters. The Labute approximate surface area is 125 Å². The second kappa shape index (κ2) is 7.25. The van der Waals surface area contributed by atoms with Crippen LogP contribution >= 0.6 is 0 Å². The fourth-order valence-electron chi connectivity index (χ4n) is 3.17. The summed E-state index contributed by atoms with van der Waals surface area (Å²) in [6.07, 6.45) is 3.72. The molecule has 1 amide bonds. The quantitative estimate of drug-likeness (QED) is 0.906. The van der Waals surface area contributed by atoms with Crippen molar-refractivity contribution in [2.45, 2.75) is 38.5 Å². The minimum absolute atomic E-state index is 0.00594. The minimum atomic E-state index is -0.942. The molecule has 0 saturated heterocycles. The average molecular weight is 289 g/mol. The molecule has 0 aromatic heterocycles. The Kier molecular flexibility index (Phi) is 5.37. The predicted octanol–water partition coefficient (Wildman–Crippen LogP) is 2.89. The van der Waals surface area contributed by atoms with Gasteiger partial charge in [0.25, 0.3) is 0 Å². The highest BCUT2D eigenvalue weighted by molar-refractivity contribution is 5.83. The number of carbonyl (C=O) groups is 2. The third-order valence-electron chi connectivity index (χ3n) is 4.37. The Morgan fingerprint density at radius 2 is 1.76 bits per heavy atom. The summed E-state index contributed by atoms with van der Waals surface area (Å²) in [4.78, 5) is 24.6. The van der Waals surface area contributed by atoms with Crippen LogP contribution in [-0.4, -0.2) is 35.0 Å². The molecular formula is C17H23NO3. The van der Waals surface area contributed by atoms with Crippen LogP contribution in [0.1, 0.15) is 44.1 Å². The lowest BCUT2D eigenvalue weighted by Crippen LogP contribution is -2.40. The molecule has 21 heavy (non-hydrogen) atoms. The molecule has 1 fully saturated rings. The van der Waals surface area contributed by atoms with Crippen molar-refractivity contribution in [3.8, 4) is 0 Å². The number of likely N-dealkylation sites (N-methyl/N-ethyl adjacent to an activating group) is 1. The van der Waals surface area contributed by atoms with Crippen LogP contribution in [0.25, 0.3) is 0 Å². The van der Waals surface area contributed by atoms with Crippen LogP contribution in [0.4, 0.5) is 0 Å². The Hall–Kier alpha value is -1.84. The summed E-state index contributed by atoms with van der Waals surface area (Å²) in [5.74, 6) is -0.413. The van der Waals surface area contributed by atoms with Crippen molar-refractivity contribution in [2.24, 2.45) is 5.92 Å². The summed E-state index contributed by atoms with van der Waals surface area (Å²) >= 11 is 0. The maximum Gasteiger partial charge on any atom is 0.323 e. The van der Waals surface area contributed by atoms with E-state index in [4.69, 9.17) is 5.11 Å². The lowest BCUT2D eigenvalue weighted by Gasteiger charge is -2.31. The van der Waals surface area contributed by atoms with E-state index in [1.807, 2.05) is 13.0 Å². The molecule has 0 heterocycles. The van der Waals surface area contributed by atoms with E-state index in [-0.39, 0.29) is 18.4 Å². The van der Waals surface area contributed by atoms with Crippen LogP contribution < -0.4 is 0 Å². The van der Waals surface area contributed by atoms with Gasteiger partial charge in [0.1, 0.15) is 6.54 Å². The van der Waals surface area contributed by atoms with Gasteiger partial charge in [-0.1, -0.05) is 30.3 Å². The molecule has 0 spiro atoms. The zero-order chi connectivity index (χ0) is 15.2. The van der Waals surface area contributed by atoms with Crippen molar-refractivity contribution >= 4 is 11.9 Å². The van der Waals surface area contributed by atoms with Crippen molar-refractivity contribution in [3.63, 3.8) is 0 Å². The van der Waals surface area contributed by atoms with Gasteiger partial charge in [0, 0.05) is 12.5 Å². The monoisotopic (exact) mass is 289 g/mol. The van der Waals surface area contributed by atoms with E-state index < -0.39 is 5.97 Å². The molecule has 1 N–H and O–H groups in total. The zero-order valence-electron chi connectivity index (χ0n) is 12.5. The summed E-state index contributed by atoms with van der Waals surface area (Å²) in [5, 5.41) is 8.86. The van der Waals surface area contributed by atoms with Crippen LogP contribution in [0.5, 0.6) is 0 Å². The van der Waals surface area contributed by atoms with Crippen molar-refractivity contribution in [2.75, 3.05) is 13.1 Å². The SMILES string of the molecule is CCN(CC(=O)O)C(=O)C1CCC(c2ccccc2)CC1. The molecule has 114 valence electrons. The summed E-state index contributed by atoms with van der Waals surface area (Å²) in [5.41, 5.74) is 1.35. The largest absolute Gasteiger partial charge is 0.480 e. The summed E-state index contributed by atoms with van der Waals surface area (Å²) < 4.78 is 0. The van der Waals surface area contributed by atoms with Crippen LogP contribution in [0.2, 0.25) is 0 Å². The normalized spacial score (nSPS) is 21.8. The van der Waals surface area contributed by atoms with Crippen molar-refractivity contribution in [1.82, 2.24) is 4.90 Å². The third kappa shape index (κ3) is 4.06. The Bertz CT molecular complexity index is 478. The van der Waals surface area contributed by atoms with Gasteiger partial charge >= 0.3 is 5.97 Å². The van der Waals surface area contributed by atoms with Crippen LogP contribution in [0.15, 0.2) is 30.3 Å². The van der Waals surface area contributed by atoms with Gasteiger partial charge in [0.15, 0.2) is 0 Å². The maximum absolute atomic E-state index is 12.4. The van der Waals surface area contributed by atoms with Crippen LogP contribution in [0, 0.1) is 5.92 Å². The van der Waals surface area contributed by atoms with E-state index in [9.17, 15) is 9.59 Å². The highest BCUT2D eigenvalue weighted by atomic mass is 16.4. The number of nitrogens with zero attached hydrogens (tertiary/aromatic N) is 1. The maximum atomic E-state index is 12.4. The Morgan fingerprint density at radius 3 is 2.29 bits per heavy atom. The second-order valence-corrected chi connectivity index (χ2v) is 5.71. The smallest absolute Gasteiger partial charge is 0.323 e. The van der Waals surface area contributed by atoms with Crippen molar-refractivity contribution < 1.29 is 14.7 Å². The van der Waals surface area contributed by atoms with Gasteiger partial charge in [-0.05, 0) is 44.1 Å². The number of carbonyl (C=O) groups excluding carboxylic acids is 1. The molecule has 1 aliphatic rings. The van der Waals surface area contributed by atoms with Crippen LogP contribution in [-0.2, 0) is 9.59 Å². The number of hydrogen-bond acceptors (Lipinski definition) is 2. The molecule has 1 aromatic rings. The van der Waals surface area contributed by atoms with Gasteiger partial charge in [-0.3, -0.25) is 9.59 Å². The molecule has 1 aliphatic carbocycles. The molecule has 4 nitrogen and oxygen atoms in total. The van der Waals surface area contributed by atoms with Gasteiger partial charge in [-0.2, -0.15) is 0 Å². The average Bonchev–Trinajstić information content (AvgIpc) is 2.53. The van der Waals surface area contributed by atoms with E-state index in [0.717, 1.165) is 25.7 Å². The highest BCUT2D eigenvalue weighted by Gasteiger charge is 2.30. The molecule has 0 radical (unpaired) electrons. The first kappa shape index (κ1) is 15.5. The molecule has 4 heteroatoms. The lowest BCUT2D eigenvalue weighted by molar-refractivity contribution is -0.146. The molecule has 1 saturated carbocycles. The van der Waals surface area contributed by atoms with Crippen LogP contribution in [0.3, 0.4) is 0 Å². The number of benzene rings is 1. The van der Waals surface area contributed by atoms with Gasteiger partial charge in [0.2, 0.25) is 5.91 Å². The number of aliphatic carboxylic acids is 1. The van der Waals surface area contributed by atoms with Gasteiger partial charge in [-0.15, -0.1) is 0 Å². The number of amides is 1. The van der Waals surface area contributed by atoms with E-state index in [2.05, 4.69) is 24.3 Å². The fourth-order valence-corrected chi connectivity index (χ4v) is 3.17. The first-order chi connectivity index (χ1) is 10.1. The lowest BCUT2D eigenvalue weighted by atomic mass is 9.78. The summed E-state index contributed by atoms with van der Waals surface area (Å²) in [7, 11) is 0. The molecule has 0 bridgehead atoms. The van der Waals surface area contributed by atoms with E-state index in [1.54, 1.807) is 0 Å². The zero-order valence-corrected chi connectivity index (χ0v) is 12.5. The highest BCUT2D eigenvalue weighted by Crippen LogP contribution is 2.36. The number of carboxylic acid groups (broad SMARTS) is 1. The number of rotatable bonds is 5. The first-order valence-electron chi connectivity index (χ1n) is 7.67. The second-order valence-electron chi connectivity index (χ2n) is 5.71. The van der Waals surface area contributed by atoms with E-state index >= 15 is 0 Å². The van der Waals surface area contributed by atoms with Gasteiger partial charge < -0.3 is 10.0 Å². The molecule has 1 aromatic carbocycles. The predicted molar refractivity (Wildman–Crippen MR) is 81.0 cm³/mol. The molecule has 0 aliphatic heterocycles. The molecule has 2 rings (SSSR count). The number of carboxylic acids is 1. The third-order valence-corrected chi connectivity index (χ3v) is 4.37. The first-order valence-corrected chi connectivity index (χ1v) is 7.67. The minimum Gasteiger partial charge on any atom is -0.480 e. The number of hydrogen-bond donors (Lipinski definition) is 1. The Morgan fingerprint density at radius 1 is 1.14 bits per heavy atom. The topological polar surface area (TPSA) is 57.6 Å². The van der Waals surface area contributed by atoms with Gasteiger partial charge in [-0.25, -0.2) is 0 Å². The summed E-state index contributed by atoms with van der Waals surface area (Å²) in [6, 6.07) is 10.4. The fraction of sp³-hybridized carbons (Fsp3) is 0.529.